The van der Waals surface area contributed by atoms with E-state index in [1.54, 1.807) is 24.3 Å². The Labute approximate surface area is 192 Å². The van der Waals surface area contributed by atoms with Gasteiger partial charge in [0.15, 0.2) is 5.16 Å². The summed E-state index contributed by atoms with van der Waals surface area (Å²) in [4.78, 5) is 29.3. The van der Waals surface area contributed by atoms with Gasteiger partial charge >= 0.3 is 0 Å². The van der Waals surface area contributed by atoms with E-state index in [4.69, 9.17) is 11.6 Å². The maximum Gasteiger partial charge on any atom is 0.262 e. The number of carbonyl (C=O) groups is 1. The predicted octanol–water partition coefficient (Wildman–Crippen LogP) is 4.57. The number of hydrogen-bond acceptors (Lipinski definition) is 5. The Balaban J connectivity index is 1.39. The summed E-state index contributed by atoms with van der Waals surface area (Å²) in [5.41, 5.74) is 3.47. The molecule has 160 valence electrons. The molecule has 0 atom stereocenters. The van der Waals surface area contributed by atoms with Crippen LogP contribution in [-0.4, -0.2) is 26.3 Å². The molecule has 0 radical (unpaired) electrons. The van der Waals surface area contributed by atoms with Gasteiger partial charge in [0.1, 0.15) is 0 Å². The first-order valence-electron chi connectivity index (χ1n) is 10.0. The number of aromatic hydroxyl groups is 1. The fourth-order valence-corrected chi connectivity index (χ4v) is 4.99. The van der Waals surface area contributed by atoms with E-state index in [1.807, 2.05) is 18.2 Å². The largest absolute Gasteiger partial charge is 0.493 e. The van der Waals surface area contributed by atoms with Gasteiger partial charge < -0.3 is 10.4 Å². The van der Waals surface area contributed by atoms with Crippen molar-refractivity contribution in [1.82, 2.24) is 9.55 Å². The highest BCUT2D eigenvalue weighted by Gasteiger charge is 2.18. The summed E-state index contributed by atoms with van der Waals surface area (Å²) in [6.07, 6.45) is 2.04. The molecular formula is C24H18ClN3O3S. The zero-order valence-corrected chi connectivity index (χ0v) is 18.4. The summed E-state index contributed by atoms with van der Waals surface area (Å²) in [7, 11) is 0. The highest BCUT2D eigenvalue weighted by atomic mass is 35.5. The van der Waals surface area contributed by atoms with E-state index in [0.717, 1.165) is 41.7 Å². The maximum absolute atomic E-state index is 12.8. The molecule has 1 aromatic heterocycles. The molecule has 0 spiro atoms. The zero-order chi connectivity index (χ0) is 22.2. The van der Waals surface area contributed by atoms with Gasteiger partial charge in [-0.3, -0.25) is 14.2 Å². The lowest BCUT2D eigenvalue weighted by atomic mass is 10.0. The molecule has 1 aliphatic carbocycles. The lowest BCUT2D eigenvalue weighted by Crippen LogP contribution is -2.21. The van der Waals surface area contributed by atoms with E-state index < -0.39 is 11.4 Å². The average Bonchev–Trinajstić information content (AvgIpc) is 3.19. The molecule has 5 rings (SSSR count). The number of rotatable bonds is 5. The summed E-state index contributed by atoms with van der Waals surface area (Å²) >= 11 is 7.02. The van der Waals surface area contributed by atoms with Crippen LogP contribution in [0, 0.1) is 0 Å². The van der Waals surface area contributed by atoms with Crippen molar-refractivity contribution in [1.29, 1.82) is 0 Å². The fraction of sp³-hybridized carbons (Fsp3) is 0.125. The van der Waals surface area contributed by atoms with E-state index in [9.17, 15) is 14.7 Å². The van der Waals surface area contributed by atoms with Gasteiger partial charge in [-0.1, -0.05) is 47.6 Å². The number of hydrogen-bond donors (Lipinski definition) is 2. The Morgan fingerprint density at radius 2 is 1.84 bits per heavy atom. The van der Waals surface area contributed by atoms with Crippen LogP contribution in [0.5, 0.6) is 5.88 Å². The van der Waals surface area contributed by atoms with Gasteiger partial charge in [-0.2, -0.15) is 4.98 Å². The third-order valence-corrected chi connectivity index (χ3v) is 6.63. The number of carbonyl (C=O) groups excluding carboxylic acids is 1. The van der Waals surface area contributed by atoms with Gasteiger partial charge in [-0.25, -0.2) is 0 Å². The molecule has 32 heavy (non-hydrogen) atoms. The number of anilines is 1. The number of benzene rings is 3. The molecule has 1 aliphatic rings. The van der Waals surface area contributed by atoms with Crippen molar-refractivity contribution < 1.29 is 9.90 Å². The van der Waals surface area contributed by atoms with Gasteiger partial charge in [-0.15, -0.1) is 0 Å². The summed E-state index contributed by atoms with van der Waals surface area (Å²) in [6, 6.07) is 17.9. The van der Waals surface area contributed by atoms with Gasteiger partial charge in [0.05, 0.1) is 17.5 Å². The normalized spacial score (nSPS) is 12.3. The Hall–Kier alpha value is -3.29. The van der Waals surface area contributed by atoms with Gasteiger partial charge in [0.25, 0.3) is 5.56 Å². The van der Waals surface area contributed by atoms with Crippen molar-refractivity contribution >= 4 is 45.7 Å². The maximum atomic E-state index is 12.8. The third kappa shape index (κ3) is 3.85. The monoisotopic (exact) mass is 463 g/mol. The number of nitrogens with zero attached hydrogens (tertiary/aromatic N) is 2. The van der Waals surface area contributed by atoms with Crippen molar-refractivity contribution in [3.05, 3.63) is 87.2 Å². The van der Waals surface area contributed by atoms with Crippen LogP contribution in [0.15, 0.2) is 70.6 Å². The van der Waals surface area contributed by atoms with Crippen LogP contribution in [0.25, 0.3) is 16.5 Å². The molecule has 2 N–H and O–H groups in total. The van der Waals surface area contributed by atoms with Gasteiger partial charge in [-0.05, 0) is 59.7 Å². The first kappa shape index (κ1) is 20.6. The molecule has 0 saturated heterocycles. The van der Waals surface area contributed by atoms with Crippen LogP contribution >= 0.6 is 23.4 Å². The van der Waals surface area contributed by atoms with Crippen molar-refractivity contribution in [3.8, 4) is 11.6 Å². The van der Waals surface area contributed by atoms with Crippen molar-refractivity contribution in [3.63, 3.8) is 0 Å². The van der Waals surface area contributed by atoms with Gasteiger partial charge in [0, 0.05) is 16.1 Å². The minimum Gasteiger partial charge on any atom is -0.493 e. The Morgan fingerprint density at radius 3 is 2.62 bits per heavy atom. The number of amides is 1. The van der Waals surface area contributed by atoms with E-state index in [2.05, 4.69) is 22.4 Å². The smallest absolute Gasteiger partial charge is 0.262 e. The molecule has 3 aromatic carbocycles. The lowest BCUT2D eigenvalue weighted by Gasteiger charge is -2.13. The quantitative estimate of drug-likeness (QED) is 0.334. The van der Waals surface area contributed by atoms with Crippen LogP contribution in [0.4, 0.5) is 5.69 Å². The number of halogens is 1. The van der Waals surface area contributed by atoms with Crippen LogP contribution < -0.4 is 10.9 Å². The van der Waals surface area contributed by atoms with Crippen LogP contribution in [0.1, 0.15) is 11.1 Å². The zero-order valence-electron chi connectivity index (χ0n) is 16.8. The van der Waals surface area contributed by atoms with E-state index >= 15 is 0 Å². The Kier molecular flexibility index (Phi) is 5.36. The van der Waals surface area contributed by atoms with Gasteiger partial charge in [0.2, 0.25) is 11.8 Å². The molecule has 0 aliphatic heterocycles. The summed E-state index contributed by atoms with van der Waals surface area (Å²) in [5, 5.41) is 15.8. The van der Waals surface area contributed by atoms with Crippen molar-refractivity contribution in [2.24, 2.45) is 0 Å². The highest BCUT2D eigenvalue weighted by molar-refractivity contribution is 7.99. The lowest BCUT2D eigenvalue weighted by molar-refractivity contribution is -0.113. The standard InChI is InChI=1S/C24H18ClN3O3S/c25-16-7-9-17(10-8-16)28-22(31)12-20(29)27-24(28)32-13-21(30)26-19-11-6-15-5-4-14-2-1-3-18(19)23(14)15/h1-3,6-12,29H,4-5,13H2,(H,26,30). The average molecular weight is 464 g/mol. The number of nitrogens with one attached hydrogen (secondary N) is 1. The number of aryl methyl sites for hydroxylation is 2. The second-order valence-corrected chi connectivity index (χ2v) is 8.87. The van der Waals surface area contributed by atoms with Crippen molar-refractivity contribution in [2.45, 2.75) is 18.0 Å². The topological polar surface area (TPSA) is 84.2 Å². The Bertz CT molecular complexity index is 1410. The third-order valence-electron chi connectivity index (χ3n) is 5.44. The molecule has 0 saturated carbocycles. The molecule has 0 bridgehead atoms. The first-order chi connectivity index (χ1) is 15.5. The van der Waals surface area contributed by atoms with Crippen LogP contribution in [0.2, 0.25) is 5.02 Å². The molecular weight excluding hydrogens is 446 g/mol. The summed E-state index contributed by atoms with van der Waals surface area (Å²) in [6.45, 7) is 0. The van der Waals surface area contributed by atoms with Crippen LogP contribution in [-0.2, 0) is 17.6 Å². The van der Waals surface area contributed by atoms with E-state index in [0.29, 0.717) is 10.7 Å². The predicted molar refractivity (Wildman–Crippen MR) is 127 cm³/mol. The molecule has 0 unspecified atom stereocenters. The second-order valence-electron chi connectivity index (χ2n) is 7.50. The fourth-order valence-electron chi connectivity index (χ4n) is 4.05. The van der Waals surface area contributed by atoms with E-state index in [1.165, 1.54) is 21.1 Å². The molecule has 4 aromatic rings. The minimum absolute atomic E-state index is 0.0203. The first-order valence-corrected chi connectivity index (χ1v) is 11.4. The molecule has 0 fully saturated rings. The molecule has 1 amide bonds. The van der Waals surface area contributed by atoms with Crippen LogP contribution in [0.3, 0.4) is 0 Å². The molecule has 6 nitrogen and oxygen atoms in total. The number of thioether (sulfide) groups is 1. The summed E-state index contributed by atoms with van der Waals surface area (Å²) < 4.78 is 1.34. The minimum atomic E-state index is -0.449. The Morgan fingerprint density at radius 1 is 1.09 bits per heavy atom. The number of aromatic nitrogens is 2. The summed E-state index contributed by atoms with van der Waals surface area (Å²) in [5.74, 6) is -0.601. The SMILES string of the molecule is O=C(CSc1nc(O)cc(=O)n1-c1ccc(Cl)cc1)Nc1ccc2c3c(cccc13)CC2. The van der Waals surface area contributed by atoms with E-state index in [-0.39, 0.29) is 16.8 Å². The second kappa shape index (κ2) is 8.33. The highest BCUT2D eigenvalue weighted by Crippen LogP contribution is 2.35. The molecule has 1 heterocycles. The molecule has 8 heteroatoms. The van der Waals surface area contributed by atoms with Crippen molar-refractivity contribution in [2.75, 3.05) is 11.1 Å².